The molecule has 1 aliphatic rings. The SMILES string of the molecule is c1ccc(Cc2ccccc2C2CCCCC2)cc1. The maximum Gasteiger partial charge on any atom is -0.00229 e. The molecule has 0 unspecified atom stereocenters. The standard InChI is InChI=1S/C19H22/c1-3-9-16(10-4-1)15-18-13-7-8-14-19(18)17-11-5-2-6-12-17/h1,3-4,7-10,13-14,17H,2,5-6,11-12,15H2. The van der Waals surface area contributed by atoms with Crippen molar-refractivity contribution >= 4 is 0 Å². The fourth-order valence-corrected chi connectivity index (χ4v) is 3.32. The third-order valence-corrected chi connectivity index (χ3v) is 4.34. The summed E-state index contributed by atoms with van der Waals surface area (Å²) >= 11 is 0. The van der Waals surface area contributed by atoms with Crippen LogP contribution in [0.15, 0.2) is 54.6 Å². The Balaban J connectivity index is 1.84. The van der Waals surface area contributed by atoms with Crippen LogP contribution in [0.3, 0.4) is 0 Å². The highest BCUT2D eigenvalue weighted by molar-refractivity contribution is 5.35. The smallest absolute Gasteiger partial charge is 0.00229 e. The first kappa shape index (κ1) is 12.5. The van der Waals surface area contributed by atoms with E-state index in [-0.39, 0.29) is 0 Å². The minimum Gasteiger partial charge on any atom is -0.0622 e. The molecule has 0 atom stereocenters. The maximum atomic E-state index is 2.36. The van der Waals surface area contributed by atoms with E-state index in [9.17, 15) is 0 Å². The first-order chi connectivity index (χ1) is 9.43. The van der Waals surface area contributed by atoms with Gasteiger partial charge in [-0.2, -0.15) is 0 Å². The van der Waals surface area contributed by atoms with E-state index in [1.54, 1.807) is 5.56 Å². The Hall–Kier alpha value is -1.56. The first-order valence-electron chi connectivity index (χ1n) is 7.55. The van der Waals surface area contributed by atoms with E-state index in [2.05, 4.69) is 54.6 Å². The molecule has 98 valence electrons. The zero-order valence-corrected chi connectivity index (χ0v) is 11.5. The molecule has 1 saturated carbocycles. The molecule has 0 heterocycles. The average molecular weight is 250 g/mol. The molecule has 0 radical (unpaired) electrons. The van der Waals surface area contributed by atoms with E-state index in [1.807, 2.05) is 0 Å². The number of benzene rings is 2. The predicted molar refractivity (Wildman–Crippen MR) is 81.5 cm³/mol. The zero-order valence-electron chi connectivity index (χ0n) is 11.5. The van der Waals surface area contributed by atoms with Crippen molar-refractivity contribution in [3.63, 3.8) is 0 Å². The summed E-state index contributed by atoms with van der Waals surface area (Å²) in [6.07, 6.45) is 8.08. The molecular weight excluding hydrogens is 228 g/mol. The minimum atomic E-state index is 0.800. The largest absolute Gasteiger partial charge is 0.0622 e. The summed E-state index contributed by atoms with van der Waals surface area (Å²) in [6, 6.07) is 19.9. The number of rotatable bonds is 3. The molecule has 2 aromatic carbocycles. The van der Waals surface area contributed by atoms with Crippen molar-refractivity contribution in [2.24, 2.45) is 0 Å². The topological polar surface area (TPSA) is 0 Å². The van der Waals surface area contributed by atoms with Crippen molar-refractivity contribution < 1.29 is 0 Å². The molecule has 0 aliphatic heterocycles. The Morgan fingerprint density at radius 1 is 0.737 bits per heavy atom. The third-order valence-electron chi connectivity index (χ3n) is 4.34. The van der Waals surface area contributed by atoms with Gasteiger partial charge in [0.25, 0.3) is 0 Å². The van der Waals surface area contributed by atoms with Gasteiger partial charge >= 0.3 is 0 Å². The van der Waals surface area contributed by atoms with E-state index in [1.165, 1.54) is 43.2 Å². The van der Waals surface area contributed by atoms with Gasteiger partial charge in [0.05, 0.1) is 0 Å². The molecule has 3 rings (SSSR count). The van der Waals surface area contributed by atoms with Crippen LogP contribution in [0.25, 0.3) is 0 Å². The van der Waals surface area contributed by atoms with E-state index < -0.39 is 0 Å². The molecule has 0 amide bonds. The Bertz CT molecular complexity index is 507. The lowest BCUT2D eigenvalue weighted by Gasteiger charge is -2.24. The lowest BCUT2D eigenvalue weighted by atomic mass is 9.81. The Kier molecular flexibility index (Phi) is 3.98. The molecule has 0 bridgehead atoms. The highest BCUT2D eigenvalue weighted by atomic mass is 14.2. The fraction of sp³-hybridized carbons (Fsp3) is 0.368. The van der Waals surface area contributed by atoms with Crippen LogP contribution >= 0.6 is 0 Å². The van der Waals surface area contributed by atoms with Crippen LogP contribution in [-0.4, -0.2) is 0 Å². The molecule has 19 heavy (non-hydrogen) atoms. The van der Waals surface area contributed by atoms with Crippen LogP contribution in [0, 0.1) is 0 Å². The second-order valence-corrected chi connectivity index (χ2v) is 5.70. The summed E-state index contributed by atoms with van der Waals surface area (Å²) in [7, 11) is 0. The van der Waals surface area contributed by atoms with Gasteiger partial charge in [-0.3, -0.25) is 0 Å². The third kappa shape index (κ3) is 3.07. The molecule has 0 heteroatoms. The van der Waals surface area contributed by atoms with Gasteiger partial charge in [0.1, 0.15) is 0 Å². The Labute approximate surface area is 116 Å². The molecular formula is C19H22. The molecule has 1 aliphatic carbocycles. The lowest BCUT2D eigenvalue weighted by molar-refractivity contribution is 0.442. The van der Waals surface area contributed by atoms with E-state index in [0.29, 0.717) is 0 Å². The van der Waals surface area contributed by atoms with Gasteiger partial charge in [0.15, 0.2) is 0 Å². The summed E-state index contributed by atoms with van der Waals surface area (Å²) in [6.45, 7) is 0. The summed E-state index contributed by atoms with van der Waals surface area (Å²) in [5.41, 5.74) is 4.55. The van der Waals surface area contributed by atoms with Gasteiger partial charge in [-0.05, 0) is 41.9 Å². The zero-order chi connectivity index (χ0) is 12.9. The molecule has 0 spiro atoms. The van der Waals surface area contributed by atoms with Crippen LogP contribution < -0.4 is 0 Å². The predicted octanol–water partition coefficient (Wildman–Crippen LogP) is 5.33. The van der Waals surface area contributed by atoms with Gasteiger partial charge in [0.2, 0.25) is 0 Å². The molecule has 0 aromatic heterocycles. The van der Waals surface area contributed by atoms with Gasteiger partial charge in [-0.15, -0.1) is 0 Å². The van der Waals surface area contributed by atoms with Crippen LogP contribution in [0.4, 0.5) is 0 Å². The highest BCUT2D eigenvalue weighted by Crippen LogP contribution is 2.34. The molecule has 0 N–H and O–H groups in total. The molecule has 2 aromatic rings. The van der Waals surface area contributed by atoms with Crippen molar-refractivity contribution in [1.82, 2.24) is 0 Å². The first-order valence-corrected chi connectivity index (χ1v) is 7.55. The van der Waals surface area contributed by atoms with Crippen LogP contribution in [-0.2, 0) is 6.42 Å². The van der Waals surface area contributed by atoms with E-state index >= 15 is 0 Å². The average Bonchev–Trinajstić information content (AvgIpc) is 2.50. The van der Waals surface area contributed by atoms with E-state index in [4.69, 9.17) is 0 Å². The molecule has 0 nitrogen and oxygen atoms in total. The summed E-state index contributed by atoms with van der Waals surface area (Å²) in [5, 5.41) is 0. The van der Waals surface area contributed by atoms with Gasteiger partial charge in [0, 0.05) is 0 Å². The van der Waals surface area contributed by atoms with Crippen molar-refractivity contribution in [2.75, 3.05) is 0 Å². The van der Waals surface area contributed by atoms with Crippen molar-refractivity contribution in [2.45, 2.75) is 44.4 Å². The number of hydrogen-bond acceptors (Lipinski definition) is 0. The lowest BCUT2D eigenvalue weighted by Crippen LogP contribution is -2.07. The molecule has 1 fully saturated rings. The monoisotopic (exact) mass is 250 g/mol. The van der Waals surface area contributed by atoms with Crippen LogP contribution in [0.2, 0.25) is 0 Å². The van der Waals surface area contributed by atoms with Crippen molar-refractivity contribution in [3.8, 4) is 0 Å². The van der Waals surface area contributed by atoms with E-state index in [0.717, 1.165) is 12.3 Å². The summed E-state index contributed by atoms with van der Waals surface area (Å²) in [4.78, 5) is 0. The Morgan fingerprint density at radius 3 is 2.21 bits per heavy atom. The second-order valence-electron chi connectivity index (χ2n) is 5.70. The van der Waals surface area contributed by atoms with Crippen molar-refractivity contribution in [3.05, 3.63) is 71.3 Å². The van der Waals surface area contributed by atoms with Gasteiger partial charge in [-0.25, -0.2) is 0 Å². The van der Waals surface area contributed by atoms with Gasteiger partial charge in [-0.1, -0.05) is 73.9 Å². The maximum absolute atomic E-state index is 2.36. The summed E-state index contributed by atoms with van der Waals surface area (Å²) in [5.74, 6) is 0.800. The molecule has 0 saturated heterocycles. The van der Waals surface area contributed by atoms with Crippen molar-refractivity contribution in [1.29, 1.82) is 0 Å². The van der Waals surface area contributed by atoms with Crippen LogP contribution in [0.5, 0.6) is 0 Å². The number of hydrogen-bond donors (Lipinski definition) is 0. The second kappa shape index (κ2) is 6.06. The van der Waals surface area contributed by atoms with Crippen LogP contribution in [0.1, 0.15) is 54.7 Å². The highest BCUT2D eigenvalue weighted by Gasteiger charge is 2.17. The quantitative estimate of drug-likeness (QED) is 0.691. The summed E-state index contributed by atoms with van der Waals surface area (Å²) < 4.78 is 0. The normalized spacial score (nSPS) is 16.4. The fourth-order valence-electron chi connectivity index (χ4n) is 3.32. The van der Waals surface area contributed by atoms with Gasteiger partial charge < -0.3 is 0 Å². The minimum absolute atomic E-state index is 0.800. The Morgan fingerprint density at radius 2 is 1.42 bits per heavy atom.